The third kappa shape index (κ3) is 3.33. The zero-order chi connectivity index (χ0) is 17.9. The van der Waals surface area contributed by atoms with Gasteiger partial charge in [-0.1, -0.05) is 29.8 Å². The van der Waals surface area contributed by atoms with Gasteiger partial charge in [0, 0.05) is 16.3 Å². The summed E-state index contributed by atoms with van der Waals surface area (Å²) in [5, 5.41) is 14.4. The average Bonchev–Trinajstić information content (AvgIpc) is 3.34. The molecule has 8 heteroatoms. The Morgan fingerprint density at radius 1 is 1.08 bits per heavy atom. The van der Waals surface area contributed by atoms with Crippen molar-refractivity contribution in [3.63, 3.8) is 0 Å². The maximum absolute atomic E-state index is 12.4. The summed E-state index contributed by atoms with van der Waals surface area (Å²) >= 11 is 5.99. The van der Waals surface area contributed by atoms with Crippen LogP contribution >= 0.6 is 11.6 Å². The number of carbonyl (C=O) groups excluding carboxylic acids is 1. The second-order valence-electron chi connectivity index (χ2n) is 5.43. The monoisotopic (exact) mass is 365 g/mol. The lowest BCUT2D eigenvalue weighted by atomic mass is 10.2. The molecule has 0 bridgehead atoms. The Hall–Kier alpha value is -3.45. The highest BCUT2D eigenvalue weighted by Gasteiger charge is 2.13. The molecule has 26 heavy (non-hydrogen) atoms. The van der Waals surface area contributed by atoms with E-state index in [9.17, 15) is 4.79 Å². The lowest BCUT2D eigenvalue weighted by molar-refractivity contribution is 0.0997. The molecule has 0 radical (unpaired) electrons. The van der Waals surface area contributed by atoms with Crippen LogP contribution < -0.4 is 5.32 Å². The normalized spacial score (nSPS) is 10.7. The van der Waals surface area contributed by atoms with Crippen molar-refractivity contribution < 1.29 is 9.21 Å². The Morgan fingerprint density at radius 2 is 1.96 bits per heavy atom. The van der Waals surface area contributed by atoms with E-state index in [-0.39, 0.29) is 11.7 Å². The highest BCUT2D eigenvalue weighted by Crippen LogP contribution is 2.25. The third-order valence-corrected chi connectivity index (χ3v) is 3.89. The van der Waals surface area contributed by atoms with Gasteiger partial charge in [-0.15, -0.1) is 5.10 Å². The van der Waals surface area contributed by atoms with E-state index < -0.39 is 0 Å². The predicted molar refractivity (Wildman–Crippen MR) is 96.3 cm³/mol. The number of carbonyl (C=O) groups is 1. The highest BCUT2D eigenvalue weighted by atomic mass is 35.5. The lowest BCUT2D eigenvalue weighted by Gasteiger charge is -2.05. The fourth-order valence-corrected chi connectivity index (χ4v) is 2.65. The molecule has 7 nitrogen and oxygen atoms in total. The fourth-order valence-electron chi connectivity index (χ4n) is 2.46. The van der Waals surface area contributed by atoms with Crippen LogP contribution in [0.25, 0.3) is 17.0 Å². The summed E-state index contributed by atoms with van der Waals surface area (Å²) < 4.78 is 7.15. The number of rotatable bonds is 4. The third-order valence-electron chi connectivity index (χ3n) is 3.66. The van der Waals surface area contributed by atoms with Crippen LogP contribution in [0.1, 0.15) is 10.6 Å². The van der Waals surface area contributed by atoms with Gasteiger partial charge in [-0.2, -0.15) is 0 Å². The number of hydrogen-bond acceptors (Lipinski definition) is 5. The first-order valence-corrected chi connectivity index (χ1v) is 8.07. The average molecular weight is 366 g/mol. The molecule has 4 aromatic rings. The molecule has 0 atom stereocenters. The number of nitrogens with zero attached hydrogens (tertiary/aromatic N) is 4. The molecule has 128 valence electrons. The van der Waals surface area contributed by atoms with Gasteiger partial charge in [-0.05, 0) is 52.9 Å². The Bertz CT molecular complexity index is 1060. The molecule has 0 saturated heterocycles. The minimum Gasteiger partial charge on any atom is -0.451 e. The van der Waals surface area contributed by atoms with E-state index in [1.165, 1.54) is 11.0 Å². The zero-order valence-corrected chi connectivity index (χ0v) is 14.1. The standard InChI is InChI=1S/C18H12ClN5O2/c19-13-4-1-3-12(9-13)16-7-8-17(26-16)18(25)21-14-5-2-6-15(10-14)24-11-20-22-23-24/h1-11H,(H,21,25). The van der Waals surface area contributed by atoms with Gasteiger partial charge >= 0.3 is 0 Å². The maximum Gasteiger partial charge on any atom is 0.291 e. The molecule has 2 aromatic carbocycles. The van der Waals surface area contributed by atoms with Crippen LogP contribution in [0.5, 0.6) is 0 Å². The van der Waals surface area contributed by atoms with E-state index in [0.29, 0.717) is 16.5 Å². The molecule has 0 aliphatic heterocycles. The molecule has 1 N–H and O–H groups in total. The van der Waals surface area contributed by atoms with Crippen LogP contribution in [0.3, 0.4) is 0 Å². The van der Waals surface area contributed by atoms with Crippen molar-refractivity contribution in [1.82, 2.24) is 20.2 Å². The van der Waals surface area contributed by atoms with Crippen LogP contribution in [-0.4, -0.2) is 26.1 Å². The summed E-state index contributed by atoms with van der Waals surface area (Å²) in [5.74, 6) is 0.417. The summed E-state index contributed by atoms with van der Waals surface area (Å²) in [7, 11) is 0. The first kappa shape index (κ1) is 16.0. The summed E-state index contributed by atoms with van der Waals surface area (Å²) in [4.78, 5) is 12.4. The summed E-state index contributed by atoms with van der Waals surface area (Å²) in [6, 6.07) is 17.8. The van der Waals surface area contributed by atoms with Crippen molar-refractivity contribution in [2.75, 3.05) is 5.32 Å². The molecule has 1 amide bonds. The van der Waals surface area contributed by atoms with Gasteiger partial charge < -0.3 is 9.73 Å². The summed E-state index contributed by atoms with van der Waals surface area (Å²) in [6.45, 7) is 0. The first-order chi connectivity index (χ1) is 12.7. The van der Waals surface area contributed by atoms with Crippen LogP contribution in [0.4, 0.5) is 5.69 Å². The molecule has 0 spiro atoms. The maximum atomic E-state index is 12.4. The number of anilines is 1. The number of amides is 1. The van der Waals surface area contributed by atoms with Crippen molar-refractivity contribution in [3.05, 3.63) is 77.8 Å². The van der Waals surface area contributed by atoms with Gasteiger partial charge in [0.15, 0.2) is 5.76 Å². The number of benzene rings is 2. The zero-order valence-electron chi connectivity index (χ0n) is 13.3. The molecule has 2 heterocycles. The first-order valence-electron chi connectivity index (χ1n) is 7.69. The number of hydrogen-bond donors (Lipinski definition) is 1. The lowest BCUT2D eigenvalue weighted by Crippen LogP contribution is -2.11. The SMILES string of the molecule is O=C(Nc1cccc(-n2cnnn2)c1)c1ccc(-c2cccc(Cl)c2)o1. The van der Waals surface area contributed by atoms with E-state index in [4.69, 9.17) is 16.0 Å². The van der Waals surface area contributed by atoms with Crippen molar-refractivity contribution in [3.8, 4) is 17.0 Å². The van der Waals surface area contributed by atoms with Crippen molar-refractivity contribution in [1.29, 1.82) is 0 Å². The molecule has 0 unspecified atom stereocenters. The smallest absolute Gasteiger partial charge is 0.291 e. The van der Waals surface area contributed by atoms with Crippen LogP contribution in [0.15, 0.2) is 71.4 Å². The number of aromatic nitrogens is 4. The van der Waals surface area contributed by atoms with Gasteiger partial charge in [0.05, 0.1) is 5.69 Å². The van der Waals surface area contributed by atoms with E-state index >= 15 is 0 Å². The van der Waals surface area contributed by atoms with Crippen molar-refractivity contribution in [2.24, 2.45) is 0 Å². The quantitative estimate of drug-likeness (QED) is 0.594. The minimum atomic E-state index is -0.354. The topological polar surface area (TPSA) is 85.8 Å². The van der Waals surface area contributed by atoms with Crippen LogP contribution in [0, 0.1) is 0 Å². The Kier molecular flexibility index (Phi) is 4.20. The van der Waals surface area contributed by atoms with Gasteiger partial charge in [0.25, 0.3) is 5.91 Å². The van der Waals surface area contributed by atoms with Gasteiger partial charge in [-0.25, -0.2) is 4.68 Å². The summed E-state index contributed by atoms with van der Waals surface area (Å²) in [6.07, 6.45) is 1.48. The number of halogens is 1. The number of furan rings is 1. The van der Waals surface area contributed by atoms with Crippen molar-refractivity contribution in [2.45, 2.75) is 0 Å². The van der Waals surface area contributed by atoms with E-state index in [2.05, 4.69) is 20.8 Å². The second-order valence-corrected chi connectivity index (χ2v) is 5.87. The Balaban J connectivity index is 1.53. The van der Waals surface area contributed by atoms with Crippen LogP contribution in [-0.2, 0) is 0 Å². The molecule has 4 rings (SSSR count). The largest absolute Gasteiger partial charge is 0.451 e. The van der Waals surface area contributed by atoms with Crippen molar-refractivity contribution >= 4 is 23.2 Å². The van der Waals surface area contributed by atoms with Gasteiger partial charge in [-0.3, -0.25) is 4.79 Å². The highest BCUT2D eigenvalue weighted by molar-refractivity contribution is 6.30. The molecular formula is C18H12ClN5O2. The van der Waals surface area contributed by atoms with E-state index in [1.54, 1.807) is 42.5 Å². The number of nitrogens with one attached hydrogen (secondary N) is 1. The fraction of sp³-hybridized carbons (Fsp3) is 0. The van der Waals surface area contributed by atoms with E-state index in [0.717, 1.165) is 11.3 Å². The molecule has 0 aliphatic carbocycles. The van der Waals surface area contributed by atoms with E-state index in [1.807, 2.05) is 18.2 Å². The molecule has 0 saturated carbocycles. The predicted octanol–water partition coefficient (Wildman–Crippen LogP) is 3.83. The Labute approximate surface area is 153 Å². The molecule has 0 aliphatic rings. The minimum absolute atomic E-state index is 0.202. The number of tetrazole rings is 1. The van der Waals surface area contributed by atoms with Gasteiger partial charge in [0.2, 0.25) is 0 Å². The molecule has 0 fully saturated rings. The summed E-state index contributed by atoms with van der Waals surface area (Å²) in [5.41, 5.74) is 2.13. The van der Waals surface area contributed by atoms with Gasteiger partial charge in [0.1, 0.15) is 12.1 Å². The Morgan fingerprint density at radius 3 is 2.77 bits per heavy atom. The molecule has 2 aromatic heterocycles. The molecular weight excluding hydrogens is 354 g/mol. The van der Waals surface area contributed by atoms with Crippen LogP contribution in [0.2, 0.25) is 5.02 Å². The second kappa shape index (κ2) is 6.81.